The summed E-state index contributed by atoms with van der Waals surface area (Å²) in [4.78, 5) is 37.4. The van der Waals surface area contributed by atoms with Crippen LogP contribution in [-0.2, 0) is 4.74 Å². The van der Waals surface area contributed by atoms with Crippen LogP contribution in [0.3, 0.4) is 0 Å². The van der Waals surface area contributed by atoms with Gasteiger partial charge in [0.05, 0.1) is 16.7 Å². The number of benzene rings is 2. The monoisotopic (exact) mass is 323 g/mol. The summed E-state index contributed by atoms with van der Waals surface area (Å²) in [6.45, 7) is 3.74. The van der Waals surface area contributed by atoms with E-state index in [1.54, 1.807) is 36.4 Å². The van der Waals surface area contributed by atoms with E-state index in [0.29, 0.717) is 22.6 Å². The molecule has 0 N–H and O–H groups in total. The molecule has 2 aromatic carbocycles. The molecular weight excluding hydrogens is 306 g/mol. The summed E-state index contributed by atoms with van der Waals surface area (Å²) in [5, 5.41) is 0. The van der Waals surface area contributed by atoms with Gasteiger partial charge in [-0.1, -0.05) is 38.1 Å². The van der Waals surface area contributed by atoms with Crippen molar-refractivity contribution in [2.24, 2.45) is 0 Å². The van der Waals surface area contributed by atoms with Gasteiger partial charge in [-0.2, -0.15) is 0 Å². The van der Waals surface area contributed by atoms with Gasteiger partial charge >= 0.3 is 5.97 Å². The Hall–Kier alpha value is -2.95. The quantitative estimate of drug-likeness (QED) is 0.640. The Morgan fingerprint density at radius 1 is 0.958 bits per heavy atom. The predicted octanol–water partition coefficient (Wildman–Crippen LogP) is 3.22. The van der Waals surface area contributed by atoms with Crippen LogP contribution < -0.4 is 0 Å². The number of ether oxygens (including phenoxy) is 1. The summed E-state index contributed by atoms with van der Waals surface area (Å²) in [7, 11) is 0. The number of esters is 1. The fourth-order valence-corrected chi connectivity index (χ4v) is 2.57. The Bertz CT molecular complexity index is 773. The molecule has 0 aromatic heterocycles. The molecule has 0 fully saturated rings. The molecule has 0 spiro atoms. The van der Waals surface area contributed by atoms with Gasteiger partial charge in [-0.3, -0.25) is 9.59 Å². The summed E-state index contributed by atoms with van der Waals surface area (Å²) >= 11 is 0. The number of nitrogens with zero attached hydrogens (tertiary/aromatic N) is 1. The van der Waals surface area contributed by atoms with Gasteiger partial charge in [-0.05, 0) is 35.7 Å². The number of amides is 2. The van der Waals surface area contributed by atoms with Crippen LogP contribution in [0.1, 0.15) is 56.4 Å². The number of rotatable bonds is 4. The standard InChI is InChI=1S/C19H17NO4/c1-12(2)13-7-9-14(10-8-13)19(23)24-11-20-17(21)15-5-3-4-6-16(15)18(20)22/h3-10,12H,11H2,1-2H3. The van der Waals surface area contributed by atoms with Crippen molar-refractivity contribution in [2.75, 3.05) is 6.73 Å². The fraction of sp³-hybridized carbons (Fsp3) is 0.211. The smallest absolute Gasteiger partial charge is 0.339 e. The molecule has 5 nitrogen and oxygen atoms in total. The zero-order chi connectivity index (χ0) is 17.3. The minimum Gasteiger partial charge on any atom is -0.440 e. The number of imide groups is 1. The molecule has 1 heterocycles. The minimum atomic E-state index is -0.568. The third kappa shape index (κ3) is 2.80. The van der Waals surface area contributed by atoms with Crippen LogP contribution >= 0.6 is 0 Å². The van der Waals surface area contributed by atoms with Gasteiger partial charge in [0.2, 0.25) is 0 Å². The maximum atomic E-state index is 12.2. The first-order chi connectivity index (χ1) is 11.5. The average Bonchev–Trinajstić information content (AvgIpc) is 2.84. The van der Waals surface area contributed by atoms with Crippen LogP contribution in [0.4, 0.5) is 0 Å². The normalized spacial score (nSPS) is 13.4. The highest BCUT2D eigenvalue weighted by molar-refractivity contribution is 6.21. The van der Waals surface area contributed by atoms with Crippen LogP contribution in [0.5, 0.6) is 0 Å². The third-order valence-corrected chi connectivity index (χ3v) is 4.02. The number of fused-ring (bicyclic) bond motifs is 1. The van der Waals surface area contributed by atoms with E-state index in [4.69, 9.17) is 4.74 Å². The lowest BCUT2D eigenvalue weighted by Crippen LogP contribution is -2.33. The van der Waals surface area contributed by atoms with E-state index in [1.165, 1.54) is 0 Å². The Morgan fingerprint density at radius 3 is 2.00 bits per heavy atom. The second-order valence-corrected chi connectivity index (χ2v) is 5.92. The lowest BCUT2D eigenvalue weighted by Gasteiger charge is -2.14. The van der Waals surface area contributed by atoms with Crippen LogP contribution in [-0.4, -0.2) is 29.4 Å². The first kappa shape index (κ1) is 15.9. The summed E-state index contributed by atoms with van der Waals surface area (Å²) in [6.07, 6.45) is 0. The Balaban J connectivity index is 1.67. The maximum absolute atomic E-state index is 12.2. The highest BCUT2D eigenvalue weighted by Gasteiger charge is 2.35. The van der Waals surface area contributed by atoms with Crippen molar-refractivity contribution >= 4 is 17.8 Å². The first-order valence-electron chi connectivity index (χ1n) is 7.71. The van der Waals surface area contributed by atoms with Crippen molar-refractivity contribution in [3.8, 4) is 0 Å². The van der Waals surface area contributed by atoms with Crippen molar-refractivity contribution in [3.63, 3.8) is 0 Å². The molecule has 122 valence electrons. The van der Waals surface area contributed by atoms with Gasteiger partial charge in [-0.25, -0.2) is 9.69 Å². The van der Waals surface area contributed by atoms with Gasteiger partial charge in [-0.15, -0.1) is 0 Å². The highest BCUT2D eigenvalue weighted by atomic mass is 16.5. The lowest BCUT2D eigenvalue weighted by molar-refractivity contribution is 0.0228. The highest BCUT2D eigenvalue weighted by Crippen LogP contribution is 2.22. The molecule has 0 unspecified atom stereocenters. The van der Waals surface area contributed by atoms with E-state index < -0.39 is 24.5 Å². The zero-order valence-electron chi connectivity index (χ0n) is 13.5. The van der Waals surface area contributed by atoms with Crippen molar-refractivity contribution in [1.82, 2.24) is 4.90 Å². The molecule has 0 saturated heterocycles. The predicted molar refractivity (Wildman–Crippen MR) is 87.8 cm³/mol. The van der Waals surface area contributed by atoms with Crippen LogP contribution in [0.15, 0.2) is 48.5 Å². The van der Waals surface area contributed by atoms with Gasteiger partial charge in [0.1, 0.15) is 0 Å². The number of hydrogen-bond donors (Lipinski definition) is 0. The molecular formula is C19H17NO4. The Morgan fingerprint density at radius 2 is 1.50 bits per heavy atom. The molecule has 1 aliphatic heterocycles. The SMILES string of the molecule is CC(C)c1ccc(C(=O)OCN2C(=O)c3ccccc3C2=O)cc1. The van der Waals surface area contributed by atoms with Gasteiger partial charge in [0.25, 0.3) is 11.8 Å². The topological polar surface area (TPSA) is 63.7 Å². The molecule has 0 saturated carbocycles. The summed E-state index contributed by atoms with van der Waals surface area (Å²) < 4.78 is 5.13. The van der Waals surface area contributed by atoms with E-state index in [1.807, 2.05) is 12.1 Å². The molecule has 0 atom stereocenters. The molecule has 5 heteroatoms. The van der Waals surface area contributed by atoms with Crippen molar-refractivity contribution < 1.29 is 19.1 Å². The summed E-state index contributed by atoms with van der Waals surface area (Å²) in [5.74, 6) is -1.09. The second kappa shape index (κ2) is 6.28. The molecule has 3 rings (SSSR count). The largest absolute Gasteiger partial charge is 0.440 e. The molecule has 2 amide bonds. The van der Waals surface area contributed by atoms with Crippen LogP contribution in [0.2, 0.25) is 0 Å². The van der Waals surface area contributed by atoms with Gasteiger partial charge in [0.15, 0.2) is 6.73 Å². The van der Waals surface area contributed by atoms with Crippen LogP contribution in [0, 0.1) is 0 Å². The molecule has 0 aliphatic carbocycles. The van der Waals surface area contributed by atoms with Crippen LogP contribution in [0.25, 0.3) is 0 Å². The molecule has 2 aromatic rings. The Labute approximate surface area is 139 Å². The fourth-order valence-electron chi connectivity index (χ4n) is 2.57. The van der Waals surface area contributed by atoms with Crippen molar-refractivity contribution in [3.05, 3.63) is 70.8 Å². The molecule has 24 heavy (non-hydrogen) atoms. The minimum absolute atomic E-state index is 0.333. The van der Waals surface area contributed by atoms with Gasteiger partial charge < -0.3 is 4.74 Å². The summed E-state index contributed by atoms with van der Waals surface area (Å²) in [6, 6.07) is 13.6. The van der Waals surface area contributed by atoms with E-state index in [2.05, 4.69) is 13.8 Å². The lowest BCUT2D eigenvalue weighted by atomic mass is 10.0. The first-order valence-corrected chi connectivity index (χ1v) is 7.71. The van der Waals surface area contributed by atoms with E-state index in [9.17, 15) is 14.4 Å². The second-order valence-electron chi connectivity index (χ2n) is 5.92. The van der Waals surface area contributed by atoms with Crippen molar-refractivity contribution in [2.45, 2.75) is 19.8 Å². The van der Waals surface area contributed by atoms with E-state index >= 15 is 0 Å². The maximum Gasteiger partial charge on any atom is 0.339 e. The molecule has 0 radical (unpaired) electrons. The molecule has 0 bridgehead atoms. The van der Waals surface area contributed by atoms with E-state index in [0.717, 1.165) is 10.5 Å². The molecule has 1 aliphatic rings. The average molecular weight is 323 g/mol. The van der Waals surface area contributed by atoms with Crippen molar-refractivity contribution in [1.29, 1.82) is 0 Å². The van der Waals surface area contributed by atoms with E-state index in [-0.39, 0.29) is 0 Å². The number of carbonyl (C=O) groups is 3. The number of carbonyl (C=O) groups excluding carboxylic acids is 3. The Kier molecular flexibility index (Phi) is 4.16. The van der Waals surface area contributed by atoms with Gasteiger partial charge in [0, 0.05) is 0 Å². The zero-order valence-corrected chi connectivity index (χ0v) is 13.5. The summed E-state index contributed by atoms with van der Waals surface area (Å²) in [5.41, 5.74) is 2.17. The number of hydrogen-bond acceptors (Lipinski definition) is 4. The third-order valence-electron chi connectivity index (χ3n) is 4.02.